The van der Waals surface area contributed by atoms with Gasteiger partial charge >= 0.3 is 0 Å². The first-order chi connectivity index (χ1) is 15.4. The van der Waals surface area contributed by atoms with Crippen LogP contribution in [0.3, 0.4) is 0 Å². The van der Waals surface area contributed by atoms with Crippen LogP contribution in [-0.2, 0) is 4.74 Å². The Hall–Kier alpha value is -3.13. The Morgan fingerprint density at radius 2 is 1.94 bits per heavy atom. The van der Waals surface area contributed by atoms with E-state index in [9.17, 15) is 4.79 Å². The van der Waals surface area contributed by atoms with E-state index in [4.69, 9.17) is 19.2 Å². The average Bonchev–Trinajstić information content (AvgIpc) is 3.22. The number of amides is 1. The number of hydrogen-bond acceptors (Lipinski definition) is 6. The summed E-state index contributed by atoms with van der Waals surface area (Å²) >= 11 is 0. The van der Waals surface area contributed by atoms with Crippen molar-refractivity contribution < 1.29 is 19.0 Å². The van der Waals surface area contributed by atoms with Gasteiger partial charge in [0.05, 0.1) is 28.9 Å². The van der Waals surface area contributed by atoms with Gasteiger partial charge in [-0.15, -0.1) is 0 Å². The zero-order chi connectivity index (χ0) is 22.7. The van der Waals surface area contributed by atoms with E-state index < -0.39 is 0 Å². The topological polar surface area (TPSA) is 87.5 Å². The van der Waals surface area contributed by atoms with Crippen LogP contribution in [0, 0.1) is 0 Å². The second-order valence-corrected chi connectivity index (χ2v) is 8.36. The molecule has 3 heterocycles. The van der Waals surface area contributed by atoms with Crippen LogP contribution >= 0.6 is 0 Å². The van der Waals surface area contributed by atoms with Crippen molar-refractivity contribution in [2.45, 2.75) is 46.3 Å². The molecule has 1 aliphatic rings. The number of carbonyl (C=O) groups excluding carboxylic acids is 1. The standard InChI is InChI=1S/C24H30N4O4/c1-15(2)28-23-19(14-26-28)18(24(29)25-8-5-9-30-16(3)4)13-20(27-23)17-6-7-21-22(12-17)32-11-10-31-21/h6-7,12-16H,5,8-11H2,1-4H3,(H,25,29). The van der Waals surface area contributed by atoms with Crippen LogP contribution in [0.1, 0.15) is 50.5 Å². The van der Waals surface area contributed by atoms with Crippen LogP contribution in [0.25, 0.3) is 22.3 Å². The summed E-state index contributed by atoms with van der Waals surface area (Å²) in [6.45, 7) is 10.3. The van der Waals surface area contributed by atoms with Crippen LogP contribution in [0.5, 0.6) is 11.5 Å². The Morgan fingerprint density at radius 1 is 1.16 bits per heavy atom. The van der Waals surface area contributed by atoms with E-state index in [0.717, 1.165) is 23.1 Å². The van der Waals surface area contributed by atoms with E-state index in [1.54, 1.807) is 6.20 Å². The van der Waals surface area contributed by atoms with E-state index in [0.29, 0.717) is 49.0 Å². The number of fused-ring (bicyclic) bond motifs is 2. The Bertz CT molecular complexity index is 1110. The molecule has 1 aliphatic heterocycles. The molecule has 1 aromatic carbocycles. The number of aromatic nitrogens is 3. The highest BCUT2D eigenvalue weighted by Gasteiger charge is 2.20. The summed E-state index contributed by atoms with van der Waals surface area (Å²) in [5.74, 6) is 1.25. The first-order valence-electron chi connectivity index (χ1n) is 11.1. The molecular weight excluding hydrogens is 408 g/mol. The number of nitrogens with one attached hydrogen (secondary N) is 1. The van der Waals surface area contributed by atoms with E-state index in [2.05, 4.69) is 10.4 Å². The highest BCUT2D eigenvalue weighted by Crippen LogP contribution is 2.35. The number of nitrogens with zero attached hydrogens (tertiary/aromatic N) is 3. The number of pyridine rings is 1. The Balaban J connectivity index is 1.67. The van der Waals surface area contributed by atoms with Crippen LogP contribution in [-0.4, -0.2) is 53.1 Å². The molecule has 1 N–H and O–H groups in total. The molecule has 2 aromatic heterocycles. The van der Waals surface area contributed by atoms with Gasteiger partial charge in [-0.2, -0.15) is 5.10 Å². The summed E-state index contributed by atoms with van der Waals surface area (Å²) in [5.41, 5.74) is 2.77. The molecule has 8 nitrogen and oxygen atoms in total. The minimum absolute atomic E-state index is 0.111. The fraction of sp³-hybridized carbons (Fsp3) is 0.458. The normalized spacial score (nSPS) is 13.2. The molecule has 1 amide bonds. The average molecular weight is 439 g/mol. The van der Waals surface area contributed by atoms with Gasteiger partial charge in [0.15, 0.2) is 17.1 Å². The number of ether oxygens (including phenoxy) is 3. The number of carbonyl (C=O) groups is 1. The molecule has 0 spiro atoms. The number of benzene rings is 1. The van der Waals surface area contributed by atoms with Crippen molar-refractivity contribution in [1.82, 2.24) is 20.1 Å². The van der Waals surface area contributed by atoms with Gasteiger partial charge in [-0.05, 0) is 58.4 Å². The highest BCUT2D eigenvalue weighted by atomic mass is 16.6. The van der Waals surface area contributed by atoms with Crippen LogP contribution < -0.4 is 14.8 Å². The molecule has 3 aromatic rings. The maximum atomic E-state index is 13.1. The molecule has 0 saturated heterocycles. The van der Waals surface area contributed by atoms with Gasteiger partial charge in [0.2, 0.25) is 0 Å². The molecule has 0 aliphatic carbocycles. The predicted octanol–water partition coefficient (Wildman–Crippen LogP) is 4.00. The van der Waals surface area contributed by atoms with Gasteiger partial charge in [0, 0.05) is 24.8 Å². The highest BCUT2D eigenvalue weighted by molar-refractivity contribution is 6.06. The molecule has 0 fully saturated rings. The zero-order valence-electron chi connectivity index (χ0n) is 19.1. The quantitative estimate of drug-likeness (QED) is 0.535. The third-order valence-corrected chi connectivity index (χ3v) is 5.20. The molecule has 4 rings (SSSR count). The lowest BCUT2D eigenvalue weighted by atomic mass is 10.1. The van der Waals surface area contributed by atoms with Gasteiger partial charge in [-0.3, -0.25) is 4.79 Å². The van der Waals surface area contributed by atoms with Gasteiger partial charge in [-0.1, -0.05) is 0 Å². The molecular formula is C24H30N4O4. The molecule has 8 heteroatoms. The van der Waals surface area contributed by atoms with Crippen molar-refractivity contribution in [3.8, 4) is 22.8 Å². The SMILES string of the molecule is CC(C)OCCCNC(=O)c1cc(-c2ccc3c(c2)OCCO3)nc2c1cnn2C(C)C. The van der Waals surface area contributed by atoms with Gasteiger partial charge in [0.25, 0.3) is 5.91 Å². The van der Waals surface area contributed by atoms with Crippen molar-refractivity contribution in [3.63, 3.8) is 0 Å². The Labute approximate surface area is 187 Å². The first kappa shape index (κ1) is 22.1. The summed E-state index contributed by atoms with van der Waals surface area (Å²) in [5, 5.41) is 8.22. The van der Waals surface area contributed by atoms with Crippen LogP contribution in [0.15, 0.2) is 30.5 Å². The lowest BCUT2D eigenvalue weighted by Crippen LogP contribution is -2.26. The van der Waals surface area contributed by atoms with E-state index in [1.165, 1.54) is 0 Å². The third kappa shape index (κ3) is 4.70. The van der Waals surface area contributed by atoms with Crippen LogP contribution in [0.2, 0.25) is 0 Å². The molecule has 170 valence electrons. The first-order valence-corrected chi connectivity index (χ1v) is 11.1. The molecule has 0 saturated carbocycles. The summed E-state index contributed by atoms with van der Waals surface area (Å²) in [6.07, 6.45) is 2.64. The molecule has 32 heavy (non-hydrogen) atoms. The van der Waals surface area contributed by atoms with Crippen molar-refractivity contribution in [2.75, 3.05) is 26.4 Å². The van der Waals surface area contributed by atoms with Gasteiger partial charge in [0.1, 0.15) is 13.2 Å². The van der Waals surface area contributed by atoms with E-state index in [-0.39, 0.29) is 18.1 Å². The second-order valence-electron chi connectivity index (χ2n) is 8.36. The van der Waals surface area contributed by atoms with Crippen LogP contribution in [0.4, 0.5) is 0 Å². The lowest BCUT2D eigenvalue weighted by molar-refractivity contribution is 0.0757. The third-order valence-electron chi connectivity index (χ3n) is 5.20. The molecule has 0 unspecified atom stereocenters. The van der Waals surface area contributed by atoms with Crippen molar-refractivity contribution in [2.24, 2.45) is 0 Å². The summed E-state index contributed by atoms with van der Waals surface area (Å²) in [6, 6.07) is 7.65. The van der Waals surface area contributed by atoms with Gasteiger partial charge in [-0.25, -0.2) is 9.67 Å². The summed E-state index contributed by atoms with van der Waals surface area (Å²) < 4.78 is 18.8. The second kappa shape index (κ2) is 9.56. The smallest absolute Gasteiger partial charge is 0.252 e. The Kier molecular flexibility index (Phi) is 6.60. The maximum Gasteiger partial charge on any atom is 0.252 e. The minimum atomic E-state index is -0.149. The summed E-state index contributed by atoms with van der Waals surface area (Å²) in [7, 11) is 0. The number of hydrogen-bond donors (Lipinski definition) is 1. The fourth-order valence-electron chi connectivity index (χ4n) is 3.62. The maximum absolute atomic E-state index is 13.1. The Morgan fingerprint density at radius 3 is 2.69 bits per heavy atom. The van der Waals surface area contributed by atoms with Crippen molar-refractivity contribution in [1.29, 1.82) is 0 Å². The van der Waals surface area contributed by atoms with E-state index in [1.807, 2.05) is 56.6 Å². The molecule has 0 bridgehead atoms. The largest absolute Gasteiger partial charge is 0.486 e. The monoisotopic (exact) mass is 438 g/mol. The fourth-order valence-corrected chi connectivity index (χ4v) is 3.62. The van der Waals surface area contributed by atoms with Gasteiger partial charge < -0.3 is 19.5 Å². The minimum Gasteiger partial charge on any atom is -0.486 e. The zero-order valence-corrected chi connectivity index (χ0v) is 19.1. The summed E-state index contributed by atoms with van der Waals surface area (Å²) in [4.78, 5) is 17.9. The molecule has 0 radical (unpaired) electrons. The molecule has 0 atom stereocenters. The van der Waals surface area contributed by atoms with Crippen molar-refractivity contribution in [3.05, 3.63) is 36.0 Å². The van der Waals surface area contributed by atoms with E-state index >= 15 is 0 Å². The number of rotatable bonds is 8. The lowest BCUT2D eigenvalue weighted by Gasteiger charge is -2.19. The van der Waals surface area contributed by atoms with Crippen molar-refractivity contribution >= 4 is 16.9 Å². The predicted molar refractivity (Wildman–Crippen MR) is 122 cm³/mol.